The van der Waals surface area contributed by atoms with Crippen LogP contribution in [0.1, 0.15) is 68.1 Å². The Morgan fingerprint density at radius 2 is 2.14 bits per heavy atom. The maximum atomic E-state index is 6.24. The van der Waals surface area contributed by atoms with Gasteiger partial charge in [-0.3, -0.25) is 9.36 Å². The number of hydrogen-bond donors (Lipinski definition) is 0. The molecule has 0 aromatic carbocycles. The lowest BCUT2D eigenvalue weighted by molar-refractivity contribution is 0.327. The highest BCUT2D eigenvalue weighted by Gasteiger charge is 2.16. The van der Waals surface area contributed by atoms with Gasteiger partial charge in [0.25, 0.3) is 0 Å². The normalized spacial score (nSPS) is 18.0. The number of alkyl halides is 1. The van der Waals surface area contributed by atoms with Crippen molar-refractivity contribution in [3.8, 4) is 0 Å². The van der Waals surface area contributed by atoms with Crippen LogP contribution in [0.4, 0.5) is 0 Å². The lowest BCUT2D eigenvalue weighted by Crippen LogP contribution is -2.13. The van der Waals surface area contributed by atoms with Gasteiger partial charge in [-0.2, -0.15) is 10.2 Å². The van der Waals surface area contributed by atoms with Crippen LogP contribution in [0.3, 0.4) is 0 Å². The van der Waals surface area contributed by atoms with Crippen molar-refractivity contribution in [2.24, 2.45) is 0 Å². The Hall–Kier alpha value is -1.29. The van der Waals surface area contributed by atoms with E-state index in [1.54, 1.807) is 0 Å². The van der Waals surface area contributed by atoms with E-state index in [4.69, 9.17) is 16.7 Å². The Labute approximate surface area is 131 Å². The molecule has 5 heteroatoms. The molecule has 0 radical (unpaired) electrons. The van der Waals surface area contributed by atoms with Gasteiger partial charge in [0, 0.05) is 18.0 Å². The molecule has 1 aliphatic rings. The van der Waals surface area contributed by atoms with Gasteiger partial charge in [0.1, 0.15) is 0 Å². The second-order valence-electron chi connectivity index (χ2n) is 5.93. The van der Waals surface area contributed by atoms with Crippen LogP contribution in [0.25, 0.3) is 0 Å². The first kappa shape index (κ1) is 14.6. The molecule has 21 heavy (non-hydrogen) atoms. The first-order chi connectivity index (χ1) is 10.3. The van der Waals surface area contributed by atoms with Crippen molar-refractivity contribution in [2.45, 2.75) is 63.4 Å². The second-order valence-corrected chi connectivity index (χ2v) is 6.45. The van der Waals surface area contributed by atoms with Crippen molar-refractivity contribution in [1.82, 2.24) is 19.6 Å². The molecule has 0 N–H and O–H groups in total. The fourth-order valence-electron chi connectivity index (χ4n) is 3.04. The van der Waals surface area contributed by atoms with Gasteiger partial charge >= 0.3 is 0 Å². The van der Waals surface area contributed by atoms with E-state index in [0.717, 1.165) is 17.7 Å². The van der Waals surface area contributed by atoms with Gasteiger partial charge in [0.2, 0.25) is 0 Å². The second kappa shape index (κ2) is 6.65. The van der Waals surface area contributed by atoms with Crippen LogP contribution in [0, 0.1) is 0 Å². The van der Waals surface area contributed by atoms with Gasteiger partial charge in [-0.05, 0) is 25.3 Å². The summed E-state index contributed by atoms with van der Waals surface area (Å²) < 4.78 is 4.07. The molecule has 3 rings (SSSR count). The van der Waals surface area contributed by atoms with Crippen molar-refractivity contribution in [1.29, 1.82) is 0 Å². The topological polar surface area (TPSA) is 35.6 Å². The van der Waals surface area contributed by atoms with Crippen molar-refractivity contribution in [2.75, 3.05) is 0 Å². The van der Waals surface area contributed by atoms with Crippen LogP contribution in [0.15, 0.2) is 24.7 Å². The molecule has 1 unspecified atom stereocenters. The van der Waals surface area contributed by atoms with Crippen molar-refractivity contribution in [3.63, 3.8) is 0 Å². The summed E-state index contributed by atoms with van der Waals surface area (Å²) in [6.45, 7) is 2.80. The van der Waals surface area contributed by atoms with E-state index in [2.05, 4.69) is 29.0 Å². The summed E-state index contributed by atoms with van der Waals surface area (Å²) in [4.78, 5) is 0. The van der Waals surface area contributed by atoms with E-state index in [9.17, 15) is 0 Å². The Bertz CT molecular complexity index is 568. The van der Waals surface area contributed by atoms with E-state index >= 15 is 0 Å². The van der Waals surface area contributed by atoms with Crippen molar-refractivity contribution in [3.05, 3.63) is 35.9 Å². The summed E-state index contributed by atoms with van der Waals surface area (Å²) in [5.41, 5.74) is 2.16. The largest absolute Gasteiger partial charge is 0.269 e. The highest BCUT2D eigenvalue weighted by molar-refractivity contribution is 6.20. The van der Waals surface area contributed by atoms with E-state index in [0.29, 0.717) is 12.6 Å². The van der Waals surface area contributed by atoms with Gasteiger partial charge in [0.05, 0.1) is 29.9 Å². The quantitative estimate of drug-likeness (QED) is 0.771. The highest BCUT2D eigenvalue weighted by atomic mass is 35.5. The summed E-state index contributed by atoms with van der Waals surface area (Å²) in [6, 6.07) is 2.70. The van der Waals surface area contributed by atoms with E-state index in [1.165, 1.54) is 32.1 Å². The predicted octanol–water partition coefficient (Wildman–Crippen LogP) is 4.32. The third-order valence-corrected chi connectivity index (χ3v) is 4.87. The fraction of sp³-hybridized carbons (Fsp3) is 0.625. The molecule has 1 aliphatic carbocycles. The Kier molecular flexibility index (Phi) is 4.63. The number of hydrogen-bond acceptors (Lipinski definition) is 2. The van der Waals surface area contributed by atoms with Crippen LogP contribution in [-0.4, -0.2) is 19.6 Å². The molecule has 1 saturated carbocycles. The van der Waals surface area contributed by atoms with E-state index in [1.807, 2.05) is 17.1 Å². The number of nitrogens with zero attached hydrogens (tertiary/aromatic N) is 4. The van der Waals surface area contributed by atoms with Gasteiger partial charge in [-0.15, -0.1) is 11.6 Å². The van der Waals surface area contributed by atoms with Crippen molar-refractivity contribution >= 4 is 11.6 Å². The molecule has 0 saturated heterocycles. The zero-order chi connectivity index (χ0) is 14.7. The van der Waals surface area contributed by atoms with E-state index in [-0.39, 0.29) is 5.38 Å². The third kappa shape index (κ3) is 3.49. The molecule has 114 valence electrons. The maximum absolute atomic E-state index is 6.24. The Balaban J connectivity index is 1.65. The number of aromatic nitrogens is 4. The maximum Gasteiger partial charge on any atom is 0.0849 e. The minimum absolute atomic E-state index is 0.0542. The minimum Gasteiger partial charge on any atom is -0.269 e. The summed E-state index contributed by atoms with van der Waals surface area (Å²) in [5.74, 6) is 0. The predicted molar refractivity (Wildman–Crippen MR) is 84.6 cm³/mol. The highest BCUT2D eigenvalue weighted by Crippen LogP contribution is 2.27. The molecular weight excluding hydrogens is 284 g/mol. The summed E-state index contributed by atoms with van der Waals surface area (Å²) in [7, 11) is 0. The lowest BCUT2D eigenvalue weighted by atomic mass is 9.96. The monoisotopic (exact) mass is 306 g/mol. The molecular formula is C16H23ClN4. The molecule has 0 aliphatic heterocycles. The first-order valence-electron chi connectivity index (χ1n) is 7.96. The van der Waals surface area contributed by atoms with Gasteiger partial charge in [-0.25, -0.2) is 0 Å². The summed E-state index contributed by atoms with van der Waals surface area (Å²) in [6.07, 6.45) is 13.5. The number of halogens is 1. The molecule has 4 nitrogen and oxygen atoms in total. The first-order valence-corrected chi connectivity index (χ1v) is 8.40. The van der Waals surface area contributed by atoms with Crippen molar-refractivity contribution < 1.29 is 0 Å². The van der Waals surface area contributed by atoms with Crippen LogP contribution in [-0.2, 0) is 6.54 Å². The van der Waals surface area contributed by atoms with Gasteiger partial charge < -0.3 is 0 Å². The molecule has 0 spiro atoms. The van der Waals surface area contributed by atoms with Crippen LogP contribution < -0.4 is 0 Å². The molecule has 0 amide bonds. The minimum atomic E-state index is 0.0542. The Morgan fingerprint density at radius 1 is 1.33 bits per heavy atom. The van der Waals surface area contributed by atoms with Crippen LogP contribution in [0.5, 0.6) is 0 Å². The average molecular weight is 307 g/mol. The van der Waals surface area contributed by atoms with Gasteiger partial charge in [-0.1, -0.05) is 26.2 Å². The molecule has 2 heterocycles. The summed E-state index contributed by atoms with van der Waals surface area (Å²) in [5, 5.41) is 9.17. The third-order valence-electron chi connectivity index (χ3n) is 4.31. The van der Waals surface area contributed by atoms with E-state index < -0.39 is 0 Å². The van der Waals surface area contributed by atoms with Crippen LogP contribution >= 0.6 is 11.6 Å². The summed E-state index contributed by atoms with van der Waals surface area (Å²) >= 11 is 6.24. The molecule has 1 atom stereocenters. The molecule has 1 fully saturated rings. The SMILES string of the molecule is CCC(Cl)c1cnn(Cc2ccn(C3CCCCC3)n2)c1. The zero-order valence-electron chi connectivity index (χ0n) is 12.6. The van der Waals surface area contributed by atoms with Crippen LogP contribution in [0.2, 0.25) is 0 Å². The zero-order valence-corrected chi connectivity index (χ0v) is 13.3. The molecule has 2 aromatic heterocycles. The average Bonchev–Trinajstić information content (AvgIpc) is 3.17. The standard InChI is InChI=1S/C16H23ClN4/c1-2-16(17)13-10-18-20(11-13)12-14-8-9-21(19-14)15-6-4-3-5-7-15/h8-11,15-16H,2-7,12H2,1H3. The molecule has 2 aromatic rings. The number of rotatable bonds is 5. The van der Waals surface area contributed by atoms with Gasteiger partial charge in [0.15, 0.2) is 0 Å². The lowest BCUT2D eigenvalue weighted by Gasteiger charge is -2.21. The molecule has 0 bridgehead atoms. The smallest absolute Gasteiger partial charge is 0.0849 e. The Morgan fingerprint density at radius 3 is 2.90 bits per heavy atom. The fourth-order valence-corrected chi connectivity index (χ4v) is 3.15.